The van der Waals surface area contributed by atoms with E-state index in [1.165, 1.54) is 6.21 Å². The van der Waals surface area contributed by atoms with Crippen LogP contribution >= 0.6 is 0 Å². The lowest BCUT2D eigenvalue weighted by Crippen LogP contribution is -2.61. The van der Waals surface area contributed by atoms with Gasteiger partial charge in [-0.3, -0.25) is 14.6 Å². The van der Waals surface area contributed by atoms with Gasteiger partial charge in [-0.05, 0) is 36.1 Å². The van der Waals surface area contributed by atoms with E-state index in [1.807, 2.05) is 48.5 Å². The van der Waals surface area contributed by atoms with Crippen molar-refractivity contribution >= 4 is 12.1 Å². The summed E-state index contributed by atoms with van der Waals surface area (Å²) in [6.07, 6.45) is -1.93. The van der Waals surface area contributed by atoms with Gasteiger partial charge in [-0.15, -0.1) is 0 Å². The minimum Gasteiger partial charge on any atom is -0.381 e. The zero-order valence-corrected chi connectivity index (χ0v) is 18.4. The summed E-state index contributed by atoms with van der Waals surface area (Å²) in [6, 6.07) is 26.0. The predicted molar refractivity (Wildman–Crippen MR) is 124 cm³/mol. The van der Waals surface area contributed by atoms with Gasteiger partial charge in [-0.2, -0.15) is 0 Å². The van der Waals surface area contributed by atoms with E-state index in [0.29, 0.717) is 5.56 Å². The highest BCUT2D eigenvalue weighted by Crippen LogP contribution is 2.32. The molecule has 5 nitrogen and oxygen atoms in total. The van der Waals surface area contributed by atoms with Crippen LogP contribution in [0.15, 0.2) is 89.9 Å². The molecule has 172 valence electrons. The van der Waals surface area contributed by atoms with Crippen molar-refractivity contribution in [1.82, 2.24) is 5.48 Å². The Morgan fingerprint density at radius 2 is 1.52 bits per heavy atom. The maximum absolute atomic E-state index is 13.7. The fourth-order valence-electron chi connectivity index (χ4n) is 3.09. The molecule has 33 heavy (non-hydrogen) atoms. The predicted octanol–water partition coefficient (Wildman–Crippen LogP) is 4.80. The van der Waals surface area contributed by atoms with E-state index in [4.69, 9.17) is 4.84 Å². The van der Waals surface area contributed by atoms with Gasteiger partial charge in [0.25, 0.3) is 12.3 Å². The van der Waals surface area contributed by atoms with Gasteiger partial charge in [0.2, 0.25) is 0 Å². The SMILES string of the molecule is CC(N=Cc1ccc(-c2ccccc2)cc1)(C(=O)NOCc1ccccc1)C(C)(O)C(F)F. The first-order valence-corrected chi connectivity index (χ1v) is 10.4. The first kappa shape index (κ1) is 24.2. The summed E-state index contributed by atoms with van der Waals surface area (Å²) in [7, 11) is 0. The molecule has 2 atom stereocenters. The van der Waals surface area contributed by atoms with Gasteiger partial charge in [0.1, 0.15) is 0 Å². The molecule has 1 amide bonds. The number of carbonyl (C=O) groups is 1. The van der Waals surface area contributed by atoms with Crippen molar-refractivity contribution in [3.05, 3.63) is 96.1 Å². The molecule has 7 heteroatoms. The Labute approximate surface area is 191 Å². The number of hydrogen-bond acceptors (Lipinski definition) is 4. The Morgan fingerprint density at radius 1 is 0.970 bits per heavy atom. The average molecular weight is 453 g/mol. The minimum atomic E-state index is -3.22. The van der Waals surface area contributed by atoms with Crippen LogP contribution in [0.4, 0.5) is 8.78 Å². The number of halogens is 2. The zero-order chi connectivity index (χ0) is 23.9. The van der Waals surface area contributed by atoms with Crippen molar-refractivity contribution in [2.24, 2.45) is 4.99 Å². The summed E-state index contributed by atoms with van der Waals surface area (Å²) in [5, 5.41) is 10.5. The molecule has 0 radical (unpaired) electrons. The number of aliphatic hydroxyl groups is 1. The standard InChI is InChI=1S/C26H26F2N2O3/c1-25(26(2,32)23(27)28,24(31)30-33-18-20-9-5-3-6-10-20)29-17-19-13-15-22(16-14-19)21-11-7-4-8-12-21/h3-17,23,32H,18H2,1-2H3,(H,30,31). The summed E-state index contributed by atoms with van der Waals surface area (Å²) in [4.78, 5) is 22.1. The van der Waals surface area contributed by atoms with E-state index in [9.17, 15) is 18.7 Å². The van der Waals surface area contributed by atoms with Gasteiger partial charge in [-0.1, -0.05) is 84.9 Å². The quantitative estimate of drug-likeness (QED) is 0.362. The van der Waals surface area contributed by atoms with Gasteiger partial charge < -0.3 is 5.11 Å². The summed E-state index contributed by atoms with van der Waals surface area (Å²) in [5.41, 5.74) is 0.569. The summed E-state index contributed by atoms with van der Waals surface area (Å²) < 4.78 is 27.4. The molecule has 0 aliphatic heterocycles. The lowest BCUT2D eigenvalue weighted by Gasteiger charge is -2.37. The Hall–Kier alpha value is -3.42. The lowest BCUT2D eigenvalue weighted by atomic mass is 9.82. The number of nitrogens with one attached hydrogen (secondary N) is 1. The molecular formula is C26H26F2N2O3. The number of rotatable bonds is 9. The highest BCUT2D eigenvalue weighted by Gasteiger charge is 2.55. The van der Waals surface area contributed by atoms with Crippen molar-refractivity contribution in [1.29, 1.82) is 0 Å². The molecule has 0 spiro atoms. The number of amides is 1. The molecule has 0 aliphatic carbocycles. The van der Waals surface area contributed by atoms with Crippen LogP contribution in [0.2, 0.25) is 0 Å². The summed E-state index contributed by atoms with van der Waals surface area (Å²) in [5.74, 6) is -0.985. The third-order valence-electron chi connectivity index (χ3n) is 5.59. The van der Waals surface area contributed by atoms with Crippen LogP contribution in [0.3, 0.4) is 0 Å². The molecule has 0 heterocycles. The van der Waals surface area contributed by atoms with E-state index in [1.54, 1.807) is 36.4 Å². The molecule has 2 N–H and O–H groups in total. The van der Waals surface area contributed by atoms with Crippen molar-refractivity contribution in [2.45, 2.75) is 38.0 Å². The molecule has 0 aromatic heterocycles. The number of benzene rings is 3. The second kappa shape index (κ2) is 10.5. The summed E-state index contributed by atoms with van der Waals surface area (Å²) >= 11 is 0. The van der Waals surface area contributed by atoms with Crippen molar-refractivity contribution in [3.8, 4) is 11.1 Å². The van der Waals surface area contributed by atoms with Crippen molar-refractivity contribution in [2.75, 3.05) is 0 Å². The largest absolute Gasteiger partial charge is 0.381 e. The van der Waals surface area contributed by atoms with Crippen LogP contribution < -0.4 is 5.48 Å². The van der Waals surface area contributed by atoms with Gasteiger partial charge in [-0.25, -0.2) is 14.3 Å². The second-order valence-electron chi connectivity index (χ2n) is 7.97. The van der Waals surface area contributed by atoms with Crippen LogP contribution in [0, 0.1) is 0 Å². The Bertz CT molecular complexity index is 1070. The van der Waals surface area contributed by atoms with Crippen molar-refractivity contribution in [3.63, 3.8) is 0 Å². The maximum atomic E-state index is 13.7. The van der Waals surface area contributed by atoms with Gasteiger partial charge >= 0.3 is 0 Å². The zero-order valence-electron chi connectivity index (χ0n) is 18.4. The molecule has 3 aromatic carbocycles. The second-order valence-corrected chi connectivity index (χ2v) is 7.97. The molecule has 0 fully saturated rings. The summed E-state index contributed by atoms with van der Waals surface area (Å²) in [6.45, 7) is 2.06. The normalized spacial score (nSPS) is 15.2. The third kappa shape index (κ3) is 5.69. The van der Waals surface area contributed by atoms with E-state index >= 15 is 0 Å². The third-order valence-corrected chi connectivity index (χ3v) is 5.59. The number of hydrogen-bond donors (Lipinski definition) is 2. The molecule has 0 aliphatic rings. The lowest BCUT2D eigenvalue weighted by molar-refractivity contribution is -0.165. The molecule has 3 aromatic rings. The number of aliphatic imine (C=N–C) groups is 1. The average Bonchev–Trinajstić information content (AvgIpc) is 2.83. The molecule has 3 rings (SSSR count). The smallest absolute Gasteiger partial charge is 0.274 e. The fourth-order valence-corrected chi connectivity index (χ4v) is 3.09. The molecular weight excluding hydrogens is 426 g/mol. The van der Waals surface area contributed by atoms with Gasteiger partial charge in [0, 0.05) is 6.21 Å². The van der Waals surface area contributed by atoms with Gasteiger partial charge in [0.05, 0.1) is 6.61 Å². The Kier molecular flexibility index (Phi) is 7.68. The minimum absolute atomic E-state index is 0.0319. The Balaban J connectivity index is 1.78. The van der Waals surface area contributed by atoms with Crippen LogP contribution in [0.5, 0.6) is 0 Å². The molecule has 0 saturated heterocycles. The topological polar surface area (TPSA) is 70.9 Å². The molecule has 0 bridgehead atoms. The van der Waals surface area contributed by atoms with E-state index in [2.05, 4.69) is 10.5 Å². The number of carbonyl (C=O) groups excluding carboxylic acids is 1. The van der Waals surface area contributed by atoms with E-state index < -0.39 is 23.5 Å². The van der Waals surface area contributed by atoms with Crippen LogP contribution in [-0.4, -0.2) is 34.8 Å². The highest BCUT2D eigenvalue weighted by atomic mass is 19.3. The maximum Gasteiger partial charge on any atom is 0.274 e. The molecule has 2 unspecified atom stereocenters. The van der Waals surface area contributed by atoms with Crippen LogP contribution in [-0.2, 0) is 16.2 Å². The van der Waals surface area contributed by atoms with E-state index in [0.717, 1.165) is 30.5 Å². The molecule has 0 saturated carbocycles. The number of hydroxylamine groups is 1. The Morgan fingerprint density at radius 3 is 2.09 bits per heavy atom. The van der Waals surface area contributed by atoms with Crippen molar-refractivity contribution < 1.29 is 23.5 Å². The van der Waals surface area contributed by atoms with Crippen LogP contribution in [0.25, 0.3) is 11.1 Å². The van der Waals surface area contributed by atoms with Crippen LogP contribution in [0.1, 0.15) is 25.0 Å². The highest BCUT2D eigenvalue weighted by molar-refractivity contribution is 5.91. The first-order chi connectivity index (χ1) is 15.7. The monoisotopic (exact) mass is 452 g/mol. The van der Waals surface area contributed by atoms with E-state index in [-0.39, 0.29) is 6.61 Å². The number of alkyl halides is 2. The first-order valence-electron chi connectivity index (χ1n) is 10.4. The van der Waals surface area contributed by atoms with Gasteiger partial charge in [0.15, 0.2) is 11.1 Å². The number of nitrogens with zero attached hydrogens (tertiary/aromatic N) is 1. The fraction of sp³-hybridized carbons (Fsp3) is 0.231.